The Labute approximate surface area is 167 Å². The average Bonchev–Trinajstić information content (AvgIpc) is 3.17. The summed E-state index contributed by atoms with van der Waals surface area (Å²) in [5.41, 5.74) is 3.57. The van der Waals surface area contributed by atoms with E-state index in [0.717, 1.165) is 18.7 Å². The van der Waals surface area contributed by atoms with Gasteiger partial charge in [-0.1, -0.05) is 60.7 Å². The molecule has 0 bridgehead atoms. The van der Waals surface area contributed by atoms with Crippen LogP contribution in [0, 0.1) is 0 Å². The summed E-state index contributed by atoms with van der Waals surface area (Å²) in [5, 5.41) is 0. The molecule has 0 aliphatic heterocycles. The molecule has 4 nitrogen and oxygen atoms in total. The maximum atomic E-state index is 12.9. The minimum atomic E-state index is 0.161. The first-order chi connectivity index (χ1) is 13.8. The van der Waals surface area contributed by atoms with Crippen LogP contribution in [-0.2, 0) is 29.0 Å². The second-order valence-corrected chi connectivity index (χ2v) is 6.91. The van der Waals surface area contributed by atoms with Gasteiger partial charge in [-0.05, 0) is 29.7 Å². The minimum absolute atomic E-state index is 0.161. The third-order valence-corrected chi connectivity index (χ3v) is 4.86. The van der Waals surface area contributed by atoms with Crippen molar-refractivity contribution < 1.29 is 9.53 Å². The van der Waals surface area contributed by atoms with Crippen molar-refractivity contribution in [1.82, 2.24) is 9.47 Å². The van der Waals surface area contributed by atoms with Gasteiger partial charge in [0.1, 0.15) is 0 Å². The van der Waals surface area contributed by atoms with E-state index in [2.05, 4.69) is 53.2 Å². The number of carbonyl (C=O) groups is 1. The number of methoxy groups -OCH3 is 1. The number of nitrogens with zero attached hydrogens (tertiary/aromatic N) is 2. The summed E-state index contributed by atoms with van der Waals surface area (Å²) in [6.07, 6.45) is 3.34. The van der Waals surface area contributed by atoms with Crippen LogP contribution in [0.15, 0.2) is 79.0 Å². The van der Waals surface area contributed by atoms with Crippen LogP contribution in [0.25, 0.3) is 0 Å². The van der Waals surface area contributed by atoms with E-state index in [-0.39, 0.29) is 5.91 Å². The lowest BCUT2D eigenvalue weighted by Crippen LogP contribution is -2.34. The topological polar surface area (TPSA) is 34.5 Å². The average molecular weight is 377 g/mol. The fourth-order valence-corrected chi connectivity index (χ4v) is 3.27. The first-order valence-corrected chi connectivity index (χ1v) is 9.75. The van der Waals surface area contributed by atoms with Gasteiger partial charge in [-0.15, -0.1) is 0 Å². The monoisotopic (exact) mass is 376 g/mol. The molecule has 0 N–H and O–H groups in total. The van der Waals surface area contributed by atoms with Crippen LogP contribution in [0.4, 0.5) is 0 Å². The van der Waals surface area contributed by atoms with Crippen LogP contribution in [0.5, 0.6) is 0 Å². The number of carbonyl (C=O) groups excluding carboxylic acids is 1. The van der Waals surface area contributed by atoms with Crippen molar-refractivity contribution in [3.63, 3.8) is 0 Å². The molecule has 1 heterocycles. The lowest BCUT2D eigenvalue weighted by molar-refractivity contribution is -0.132. The number of aromatic nitrogens is 1. The van der Waals surface area contributed by atoms with Gasteiger partial charge in [-0.3, -0.25) is 4.79 Å². The number of hydrogen-bond donors (Lipinski definition) is 0. The first-order valence-electron chi connectivity index (χ1n) is 9.75. The van der Waals surface area contributed by atoms with Crippen molar-refractivity contribution in [2.75, 3.05) is 20.3 Å². The van der Waals surface area contributed by atoms with Crippen LogP contribution in [0.2, 0.25) is 0 Å². The Morgan fingerprint density at radius 3 is 2.29 bits per heavy atom. The molecular weight excluding hydrogens is 348 g/mol. The van der Waals surface area contributed by atoms with Gasteiger partial charge in [0.15, 0.2) is 0 Å². The highest BCUT2D eigenvalue weighted by Crippen LogP contribution is 2.12. The van der Waals surface area contributed by atoms with Crippen molar-refractivity contribution in [3.05, 3.63) is 95.8 Å². The van der Waals surface area contributed by atoms with Crippen molar-refractivity contribution >= 4 is 5.91 Å². The SMILES string of the molecule is COCCN(Cc1cccn1Cc1ccccc1)C(=O)CCc1ccccc1. The zero-order valence-corrected chi connectivity index (χ0v) is 16.5. The normalized spacial score (nSPS) is 10.8. The highest BCUT2D eigenvalue weighted by molar-refractivity contribution is 5.76. The van der Waals surface area contributed by atoms with E-state index < -0.39 is 0 Å². The van der Waals surface area contributed by atoms with Gasteiger partial charge in [0.25, 0.3) is 0 Å². The maximum Gasteiger partial charge on any atom is 0.223 e. The molecule has 0 spiro atoms. The Bertz CT molecular complexity index is 843. The molecular formula is C24H28N2O2. The standard InChI is InChI=1S/C24H28N2O2/c1-28-18-17-26(24(27)15-14-21-9-4-2-5-10-21)20-23-13-8-16-25(23)19-22-11-6-3-7-12-22/h2-13,16H,14-15,17-20H2,1H3. The van der Waals surface area contributed by atoms with Crippen LogP contribution in [0.1, 0.15) is 23.2 Å². The Balaban J connectivity index is 1.65. The number of ether oxygens (including phenoxy) is 1. The third-order valence-electron chi connectivity index (χ3n) is 4.86. The van der Waals surface area contributed by atoms with Gasteiger partial charge in [0.2, 0.25) is 5.91 Å². The summed E-state index contributed by atoms with van der Waals surface area (Å²) in [5.74, 6) is 0.161. The second-order valence-electron chi connectivity index (χ2n) is 6.91. The molecule has 3 rings (SSSR count). The number of aryl methyl sites for hydroxylation is 1. The fourth-order valence-electron chi connectivity index (χ4n) is 3.27. The Morgan fingerprint density at radius 1 is 0.929 bits per heavy atom. The smallest absolute Gasteiger partial charge is 0.223 e. The predicted molar refractivity (Wildman–Crippen MR) is 112 cm³/mol. The van der Waals surface area contributed by atoms with Crippen molar-refractivity contribution in [1.29, 1.82) is 0 Å². The quantitative estimate of drug-likeness (QED) is 0.533. The van der Waals surface area contributed by atoms with Crippen molar-refractivity contribution in [2.24, 2.45) is 0 Å². The molecule has 0 saturated carbocycles. The van der Waals surface area contributed by atoms with Crippen LogP contribution in [0.3, 0.4) is 0 Å². The highest BCUT2D eigenvalue weighted by Gasteiger charge is 2.16. The lowest BCUT2D eigenvalue weighted by atomic mass is 10.1. The number of hydrogen-bond acceptors (Lipinski definition) is 2. The Morgan fingerprint density at radius 2 is 1.61 bits per heavy atom. The number of amides is 1. The molecule has 4 heteroatoms. The zero-order chi connectivity index (χ0) is 19.6. The molecule has 0 radical (unpaired) electrons. The van der Waals surface area contributed by atoms with Crippen LogP contribution in [-0.4, -0.2) is 35.6 Å². The van der Waals surface area contributed by atoms with E-state index in [1.807, 2.05) is 35.2 Å². The predicted octanol–water partition coefficient (Wildman–Crippen LogP) is 4.14. The Kier molecular flexibility index (Phi) is 7.44. The van der Waals surface area contributed by atoms with E-state index in [1.54, 1.807) is 7.11 Å². The van der Waals surface area contributed by atoms with Crippen LogP contribution >= 0.6 is 0 Å². The number of rotatable bonds is 10. The molecule has 3 aromatic rings. The third kappa shape index (κ3) is 5.83. The van der Waals surface area contributed by atoms with Gasteiger partial charge in [-0.2, -0.15) is 0 Å². The Hall–Kier alpha value is -2.85. The molecule has 1 aromatic heterocycles. The van der Waals surface area contributed by atoms with Crippen LogP contribution < -0.4 is 0 Å². The summed E-state index contributed by atoms with van der Waals surface area (Å²) in [6.45, 7) is 2.54. The highest BCUT2D eigenvalue weighted by atomic mass is 16.5. The molecule has 0 aliphatic rings. The summed E-state index contributed by atoms with van der Waals surface area (Å²) >= 11 is 0. The fraction of sp³-hybridized carbons (Fsp3) is 0.292. The summed E-state index contributed by atoms with van der Waals surface area (Å²) in [6, 6.07) is 24.7. The zero-order valence-electron chi connectivity index (χ0n) is 16.5. The first kappa shape index (κ1) is 19.9. The van der Waals surface area contributed by atoms with Crippen molar-refractivity contribution in [2.45, 2.75) is 25.9 Å². The minimum Gasteiger partial charge on any atom is -0.383 e. The van der Waals surface area contributed by atoms with Crippen molar-refractivity contribution in [3.8, 4) is 0 Å². The largest absolute Gasteiger partial charge is 0.383 e. The summed E-state index contributed by atoms with van der Waals surface area (Å²) in [4.78, 5) is 14.8. The molecule has 0 unspecified atom stereocenters. The lowest BCUT2D eigenvalue weighted by Gasteiger charge is -2.23. The molecule has 0 saturated heterocycles. The molecule has 2 aromatic carbocycles. The van der Waals surface area contributed by atoms with Gasteiger partial charge in [-0.25, -0.2) is 0 Å². The molecule has 146 valence electrons. The summed E-state index contributed by atoms with van der Waals surface area (Å²) in [7, 11) is 1.67. The molecule has 0 atom stereocenters. The number of benzene rings is 2. The van der Waals surface area contributed by atoms with Gasteiger partial charge >= 0.3 is 0 Å². The van der Waals surface area contributed by atoms with E-state index in [1.165, 1.54) is 11.1 Å². The van der Waals surface area contributed by atoms with Gasteiger partial charge in [0, 0.05) is 38.5 Å². The van der Waals surface area contributed by atoms with E-state index in [0.29, 0.717) is 26.1 Å². The molecule has 1 amide bonds. The summed E-state index contributed by atoms with van der Waals surface area (Å²) < 4.78 is 7.44. The molecule has 0 fully saturated rings. The molecule has 28 heavy (non-hydrogen) atoms. The van der Waals surface area contributed by atoms with E-state index >= 15 is 0 Å². The molecule has 0 aliphatic carbocycles. The maximum absolute atomic E-state index is 12.9. The van der Waals surface area contributed by atoms with Gasteiger partial charge < -0.3 is 14.2 Å². The second kappa shape index (κ2) is 10.5. The van der Waals surface area contributed by atoms with E-state index in [9.17, 15) is 4.79 Å². The van der Waals surface area contributed by atoms with E-state index in [4.69, 9.17) is 4.74 Å². The van der Waals surface area contributed by atoms with Gasteiger partial charge in [0.05, 0.1) is 13.2 Å².